The first-order valence-corrected chi connectivity index (χ1v) is 9.78. The number of nitrogens with zero attached hydrogens (tertiary/aromatic N) is 4. The Labute approximate surface area is 168 Å². The first-order chi connectivity index (χ1) is 14.3. The van der Waals surface area contributed by atoms with Crippen LogP contribution in [0.15, 0.2) is 61.2 Å². The number of benzene rings is 2. The molecule has 0 unspecified atom stereocenters. The van der Waals surface area contributed by atoms with Crippen LogP contribution in [0.4, 0.5) is 0 Å². The number of fused-ring (bicyclic) bond motifs is 2. The predicted molar refractivity (Wildman–Crippen MR) is 111 cm³/mol. The van der Waals surface area contributed by atoms with Gasteiger partial charge in [-0.05, 0) is 41.8 Å². The van der Waals surface area contributed by atoms with Crippen molar-refractivity contribution in [2.24, 2.45) is 0 Å². The Bertz CT molecular complexity index is 1150. The molecule has 4 aromatic rings. The fraction of sp³-hybridized carbons (Fsp3) is 0.261. The number of aliphatic hydroxyl groups is 1. The van der Waals surface area contributed by atoms with Gasteiger partial charge in [-0.25, -0.2) is 15.0 Å². The lowest BCUT2D eigenvalue weighted by Gasteiger charge is -2.13. The monoisotopic (exact) mass is 386 g/mol. The number of hydrogen-bond donors (Lipinski definition) is 1. The van der Waals surface area contributed by atoms with Crippen LogP contribution in [0.2, 0.25) is 0 Å². The van der Waals surface area contributed by atoms with Gasteiger partial charge in [0.25, 0.3) is 0 Å². The largest absolute Gasteiger partial charge is 0.497 e. The molecule has 0 spiro atoms. The molecule has 0 amide bonds. The molecule has 0 aliphatic heterocycles. The lowest BCUT2D eigenvalue weighted by atomic mass is 10.0. The van der Waals surface area contributed by atoms with E-state index in [4.69, 9.17) is 4.74 Å². The Kier molecular flexibility index (Phi) is 4.48. The van der Waals surface area contributed by atoms with E-state index in [2.05, 4.69) is 37.7 Å². The van der Waals surface area contributed by atoms with Crippen LogP contribution >= 0.6 is 0 Å². The van der Waals surface area contributed by atoms with E-state index in [1.54, 1.807) is 13.4 Å². The van der Waals surface area contributed by atoms with Gasteiger partial charge in [0.05, 0.1) is 13.4 Å². The smallest absolute Gasteiger partial charge is 0.163 e. The average Bonchev–Trinajstić information content (AvgIpc) is 3.36. The highest BCUT2D eigenvalue weighted by Gasteiger charge is 2.30. The van der Waals surface area contributed by atoms with E-state index in [-0.39, 0.29) is 12.5 Å². The molecule has 0 saturated carbocycles. The van der Waals surface area contributed by atoms with Crippen molar-refractivity contribution in [2.75, 3.05) is 13.7 Å². The van der Waals surface area contributed by atoms with Gasteiger partial charge in [0, 0.05) is 30.6 Å². The van der Waals surface area contributed by atoms with E-state index >= 15 is 0 Å². The van der Waals surface area contributed by atoms with Crippen LogP contribution in [0.5, 0.6) is 5.75 Å². The van der Waals surface area contributed by atoms with Gasteiger partial charge in [0.15, 0.2) is 5.65 Å². The van der Waals surface area contributed by atoms with Crippen molar-refractivity contribution in [1.82, 2.24) is 19.5 Å². The first-order valence-electron chi connectivity index (χ1n) is 9.78. The van der Waals surface area contributed by atoms with Crippen LogP contribution in [0.1, 0.15) is 29.4 Å². The summed E-state index contributed by atoms with van der Waals surface area (Å²) >= 11 is 0. The maximum atomic E-state index is 9.78. The number of ether oxygens (including phenoxy) is 1. The normalized spacial score (nSPS) is 18.1. The van der Waals surface area contributed by atoms with Gasteiger partial charge in [-0.15, -0.1) is 0 Å². The summed E-state index contributed by atoms with van der Waals surface area (Å²) < 4.78 is 7.35. The Morgan fingerprint density at radius 1 is 1.00 bits per heavy atom. The van der Waals surface area contributed by atoms with Crippen molar-refractivity contribution in [3.63, 3.8) is 0 Å². The van der Waals surface area contributed by atoms with E-state index < -0.39 is 0 Å². The van der Waals surface area contributed by atoms with Crippen molar-refractivity contribution in [2.45, 2.75) is 24.8 Å². The standard InChI is InChI=1S/C23H22N4O2/c1-29-18-8-6-15(7-9-18)21-22-23(25-13-24-21)27(14-26-22)11-16-10-17(12-28)20-5-3-2-4-19(16)20/h2-9,13-14,16-17,28H,10-12H2,1H3/t16-,17+/m1/s1. The SMILES string of the molecule is COc1ccc(-c2ncnc3c2ncn3C[C@H]2C[C@@H](CO)c3ccccc32)cc1. The van der Waals surface area contributed by atoms with Gasteiger partial charge in [0.1, 0.15) is 23.3 Å². The topological polar surface area (TPSA) is 73.1 Å². The summed E-state index contributed by atoms with van der Waals surface area (Å²) in [5.74, 6) is 1.35. The lowest BCUT2D eigenvalue weighted by molar-refractivity contribution is 0.259. The van der Waals surface area contributed by atoms with Crippen molar-refractivity contribution in [3.8, 4) is 17.0 Å². The third-order valence-electron chi connectivity index (χ3n) is 5.85. The fourth-order valence-electron chi connectivity index (χ4n) is 4.41. The van der Waals surface area contributed by atoms with E-state index in [9.17, 15) is 5.11 Å². The molecule has 1 aliphatic rings. The molecule has 6 nitrogen and oxygen atoms in total. The van der Waals surface area contributed by atoms with Crippen LogP contribution in [0.25, 0.3) is 22.4 Å². The average molecular weight is 386 g/mol. The maximum Gasteiger partial charge on any atom is 0.163 e. The van der Waals surface area contributed by atoms with Crippen molar-refractivity contribution >= 4 is 11.2 Å². The van der Waals surface area contributed by atoms with Gasteiger partial charge >= 0.3 is 0 Å². The van der Waals surface area contributed by atoms with Crippen LogP contribution in [-0.4, -0.2) is 38.3 Å². The number of imidazole rings is 1. The maximum absolute atomic E-state index is 9.78. The molecule has 5 rings (SSSR count). The summed E-state index contributed by atoms with van der Waals surface area (Å²) in [6, 6.07) is 16.2. The molecule has 6 heteroatoms. The predicted octanol–water partition coefficient (Wildman–Crippen LogP) is 3.77. The molecule has 0 saturated heterocycles. The molecular weight excluding hydrogens is 364 g/mol. The molecule has 0 radical (unpaired) electrons. The third kappa shape index (κ3) is 3.06. The van der Waals surface area contributed by atoms with Crippen LogP contribution in [-0.2, 0) is 6.54 Å². The summed E-state index contributed by atoms with van der Waals surface area (Å²) in [5.41, 5.74) is 6.00. The first kappa shape index (κ1) is 17.8. The highest BCUT2D eigenvalue weighted by atomic mass is 16.5. The van der Waals surface area contributed by atoms with Gasteiger partial charge in [-0.1, -0.05) is 24.3 Å². The lowest BCUT2D eigenvalue weighted by Crippen LogP contribution is -2.07. The molecule has 0 bridgehead atoms. The third-order valence-corrected chi connectivity index (χ3v) is 5.85. The molecule has 0 fully saturated rings. The summed E-state index contributed by atoms with van der Waals surface area (Å²) in [6.45, 7) is 0.963. The molecule has 1 N–H and O–H groups in total. The van der Waals surface area contributed by atoms with Gasteiger partial charge < -0.3 is 14.4 Å². The van der Waals surface area contributed by atoms with E-state index in [1.807, 2.05) is 36.7 Å². The highest BCUT2D eigenvalue weighted by molar-refractivity contribution is 5.87. The fourth-order valence-corrected chi connectivity index (χ4v) is 4.41. The van der Waals surface area contributed by atoms with Gasteiger partial charge in [-0.2, -0.15) is 0 Å². The number of methoxy groups -OCH3 is 1. The number of rotatable bonds is 5. The molecule has 2 atom stereocenters. The van der Waals surface area contributed by atoms with Crippen molar-refractivity contribution in [3.05, 3.63) is 72.3 Å². The van der Waals surface area contributed by atoms with Gasteiger partial charge in [0.2, 0.25) is 0 Å². The molecule has 2 aromatic heterocycles. The summed E-state index contributed by atoms with van der Waals surface area (Å²) in [5, 5.41) is 9.78. The number of aliphatic hydroxyl groups excluding tert-OH is 1. The zero-order valence-corrected chi connectivity index (χ0v) is 16.2. The van der Waals surface area contributed by atoms with Crippen LogP contribution in [0.3, 0.4) is 0 Å². The molecule has 1 aliphatic carbocycles. The van der Waals surface area contributed by atoms with Crippen molar-refractivity contribution < 1.29 is 9.84 Å². The van der Waals surface area contributed by atoms with Gasteiger partial charge in [-0.3, -0.25) is 0 Å². The summed E-state index contributed by atoms with van der Waals surface area (Å²) in [7, 11) is 1.65. The number of aromatic nitrogens is 4. The highest BCUT2D eigenvalue weighted by Crippen LogP contribution is 2.42. The number of hydrogen-bond acceptors (Lipinski definition) is 5. The zero-order chi connectivity index (χ0) is 19.8. The Morgan fingerprint density at radius 3 is 2.48 bits per heavy atom. The summed E-state index contributed by atoms with van der Waals surface area (Å²) in [4.78, 5) is 13.6. The minimum Gasteiger partial charge on any atom is -0.497 e. The minimum absolute atomic E-state index is 0.183. The molecule has 146 valence electrons. The molecular formula is C23H22N4O2. The Morgan fingerprint density at radius 2 is 1.76 bits per heavy atom. The molecule has 2 aromatic carbocycles. The minimum atomic E-state index is 0.183. The zero-order valence-electron chi connectivity index (χ0n) is 16.2. The summed E-state index contributed by atoms with van der Waals surface area (Å²) in [6.07, 6.45) is 4.38. The molecule has 2 heterocycles. The quantitative estimate of drug-likeness (QED) is 0.565. The molecule has 29 heavy (non-hydrogen) atoms. The van der Waals surface area contributed by atoms with Crippen LogP contribution in [0, 0.1) is 0 Å². The Balaban J connectivity index is 1.50. The second-order valence-corrected chi connectivity index (χ2v) is 7.46. The van der Waals surface area contributed by atoms with Crippen LogP contribution < -0.4 is 4.74 Å². The van der Waals surface area contributed by atoms with E-state index in [0.717, 1.165) is 41.1 Å². The van der Waals surface area contributed by atoms with E-state index in [1.165, 1.54) is 11.1 Å². The Hall–Kier alpha value is -3.25. The van der Waals surface area contributed by atoms with E-state index in [0.29, 0.717) is 5.92 Å². The van der Waals surface area contributed by atoms with Crippen molar-refractivity contribution in [1.29, 1.82) is 0 Å². The second kappa shape index (κ2) is 7.29. The second-order valence-electron chi connectivity index (χ2n) is 7.46.